The lowest BCUT2D eigenvalue weighted by Crippen LogP contribution is -2.30. The first-order valence-corrected chi connectivity index (χ1v) is 6.06. The number of ether oxygens (including phenoxy) is 1. The molecule has 5 nitrogen and oxygen atoms in total. The van der Waals surface area contributed by atoms with Crippen LogP contribution < -0.4 is 9.33 Å². The van der Waals surface area contributed by atoms with Crippen molar-refractivity contribution in [3.05, 3.63) is 36.0 Å². The van der Waals surface area contributed by atoms with E-state index in [1.165, 1.54) is 0 Å². The minimum absolute atomic E-state index is 0.0992. The first-order chi connectivity index (χ1) is 9.00. The molecule has 1 aromatic rings. The van der Waals surface area contributed by atoms with Crippen molar-refractivity contribution in [1.82, 2.24) is 4.59 Å². The summed E-state index contributed by atoms with van der Waals surface area (Å²) in [6, 6.07) is 7.47. The quantitative estimate of drug-likeness (QED) is 0.846. The van der Waals surface area contributed by atoms with Crippen molar-refractivity contribution in [3.8, 4) is 5.75 Å². The molecule has 1 unspecified atom stereocenters. The van der Waals surface area contributed by atoms with E-state index in [0.717, 1.165) is 11.4 Å². The number of hydrogen-bond donors (Lipinski definition) is 1. The van der Waals surface area contributed by atoms with Gasteiger partial charge in [0, 0.05) is 12.1 Å². The molecule has 0 spiro atoms. The standard InChI is InChI=1S/C14H16N2O3/c1-4-13-12(14(17)18)9-16(2,15-13)10-6-5-7-11(8-10)19-3/h5-9H,4H2,1-3H3/p+1. The highest BCUT2D eigenvalue weighted by molar-refractivity contribution is 6.20. The summed E-state index contributed by atoms with van der Waals surface area (Å²) in [4.78, 5) is 11.2. The first kappa shape index (κ1) is 13.3. The van der Waals surface area contributed by atoms with E-state index >= 15 is 0 Å². The Balaban J connectivity index is 2.49. The fourth-order valence-electron chi connectivity index (χ4n) is 2.12. The molecule has 1 atom stereocenters. The van der Waals surface area contributed by atoms with Crippen LogP contribution in [-0.2, 0) is 4.79 Å². The van der Waals surface area contributed by atoms with Crippen LogP contribution in [0.2, 0.25) is 0 Å². The number of hydrogen-bond acceptors (Lipinski definition) is 3. The Morgan fingerprint density at radius 2 is 2.21 bits per heavy atom. The molecule has 0 radical (unpaired) electrons. The van der Waals surface area contributed by atoms with Gasteiger partial charge in [0.1, 0.15) is 30.3 Å². The smallest absolute Gasteiger partial charge is 0.343 e. The van der Waals surface area contributed by atoms with E-state index in [1.807, 2.05) is 38.2 Å². The lowest BCUT2D eigenvalue weighted by Gasteiger charge is -2.20. The van der Waals surface area contributed by atoms with E-state index < -0.39 is 5.97 Å². The summed E-state index contributed by atoms with van der Waals surface area (Å²) < 4.78 is 5.29. The minimum atomic E-state index is -0.939. The van der Waals surface area contributed by atoms with Crippen molar-refractivity contribution in [2.75, 3.05) is 14.2 Å². The highest BCUT2D eigenvalue weighted by Gasteiger charge is 2.35. The van der Waals surface area contributed by atoms with E-state index in [9.17, 15) is 9.90 Å². The molecule has 0 fully saturated rings. The molecule has 0 saturated heterocycles. The molecule has 0 saturated carbocycles. The molecule has 2 rings (SSSR count). The van der Waals surface area contributed by atoms with Gasteiger partial charge in [0.2, 0.25) is 0 Å². The first-order valence-electron chi connectivity index (χ1n) is 6.06. The molecular weight excluding hydrogens is 244 g/mol. The Labute approximate surface area is 112 Å². The van der Waals surface area contributed by atoms with Crippen molar-refractivity contribution in [1.29, 1.82) is 0 Å². The number of carbonyl (C=O) groups is 1. The predicted octanol–water partition coefficient (Wildman–Crippen LogP) is 2.38. The second kappa shape index (κ2) is 4.85. The van der Waals surface area contributed by atoms with E-state index in [4.69, 9.17) is 4.74 Å². The average Bonchev–Trinajstić information content (AvgIpc) is 2.78. The number of rotatable bonds is 4. The number of aliphatic carboxylic acids is 1. The van der Waals surface area contributed by atoms with Crippen LogP contribution in [0, 0.1) is 0 Å². The van der Waals surface area contributed by atoms with Crippen molar-refractivity contribution < 1.29 is 14.6 Å². The van der Waals surface area contributed by atoms with Gasteiger partial charge in [0.05, 0.1) is 7.11 Å². The highest BCUT2D eigenvalue weighted by atomic mass is 16.5. The maximum atomic E-state index is 11.2. The fraction of sp³-hybridized carbons (Fsp3) is 0.286. The Kier molecular flexibility index (Phi) is 3.40. The molecule has 1 aromatic carbocycles. The van der Waals surface area contributed by atoms with Gasteiger partial charge >= 0.3 is 5.97 Å². The molecule has 1 aliphatic rings. The molecule has 1 heterocycles. The SMILES string of the molecule is CCC1=N[N+](C)(c2cccc(OC)c2)C=C1C(=O)O. The maximum absolute atomic E-state index is 11.2. The summed E-state index contributed by atoms with van der Waals surface area (Å²) in [6.45, 7) is 1.90. The van der Waals surface area contributed by atoms with Crippen LogP contribution in [-0.4, -0.2) is 30.9 Å². The van der Waals surface area contributed by atoms with Crippen LogP contribution in [0.25, 0.3) is 0 Å². The van der Waals surface area contributed by atoms with Crippen LogP contribution >= 0.6 is 0 Å². The van der Waals surface area contributed by atoms with Gasteiger partial charge in [-0.1, -0.05) is 18.1 Å². The number of quaternary nitrogens is 1. The molecule has 1 aliphatic heterocycles. The van der Waals surface area contributed by atoms with Crippen molar-refractivity contribution in [2.45, 2.75) is 13.3 Å². The van der Waals surface area contributed by atoms with Crippen LogP contribution in [0.3, 0.4) is 0 Å². The molecule has 1 N–H and O–H groups in total. The fourth-order valence-corrected chi connectivity index (χ4v) is 2.12. The zero-order valence-corrected chi connectivity index (χ0v) is 11.3. The molecular formula is C14H17N2O3+. The Hall–Kier alpha value is -2.14. The predicted molar refractivity (Wildman–Crippen MR) is 74.2 cm³/mol. The highest BCUT2D eigenvalue weighted by Crippen LogP contribution is 2.31. The van der Waals surface area contributed by atoms with Crippen LogP contribution in [0.15, 0.2) is 41.1 Å². The number of methoxy groups -OCH3 is 1. The van der Waals surface area contributed by atoms with Crippen molar-refractivity contribution in [3.63, 3.8) is 0 Å². The zero-order chi connectivity index (χ0) is 14.0. The lowest BCUT2D eigenvalue weighted by atomic mass is 10.1. The number of nitrogens with zero attached hydrogens (tertiary/aromatic N) is 2. The van der Waals surface area contributed by atoms with Gasteiger partial charge in [0.15, 0.2) is 5.69 Å². The topological polar surface area (TPSA) is 58.9 Å². The minimum Gasteiger partial charge on any atom is -0.497 e. The third kappa shape index (κ3) is 2.37. The van der Waals surface area contributed by atoms with Crippen molar-refractivity contribution in [2.24, 2.45) is 5.10 Å². The Bertz CT molecular complexity index is 578. The average molecular weight is 261 g/mol. The monoisotopic (exact) mass is 261 g/mol. The van der Waals surface area contributed by atoms with Gasteiger partial charge in [-0.15, -0.1) is 4.59 Å². The van der Waals surface area contributed by atoms with Gasteiger partial charge in [0.25, 0.3) is 0 Å². The van der Waals surface area contributed by atoms with E-state index in [-0.39, 0.29) is 10.2 Å². The lowest BCUT2D eigenvalue weighted by molar-refractivity contribution is -0.132. The Morgan fingerprint density at radius 1 is 1.47 bits per heavy atom. The van der Waals surface area contributed by atoms with Gasteiger partial charge < -0.3 is 9.84 Å². The summed E-state index contributed by atoms with van der Waals surface area (Å²) >= 11 is 0. The van der Waals surface area contributed by atoms with Gasteiger partial charge in [-0.05, 0) is 12.5 Å². The van der Waals surface area contributed by atoms with Gasteiger partial charge in [-0.2, -0.15) is 0 Å². The van der Waals surface area contributed by atoms with E-state index in [1.54, 1.807) is 13.3 Å². The zero-order valence-electron chi connectivity index (χ0n) is 11.3. The number of carboxylic acid groups (broad SMARTS) is 1. The maximum Gasteiger partial charge on any atom is 0.343 e. The molecule has 100 valence electrons. The van der Waals surface area contributed by atoms with E-state index in [0.29, 0.717) is 12.1 Å². The summed E-state index contributed by atoms with van der Waals surface area (Å²) in [5, 5.41) is 13.7. The molecule has 0 bridgehead atoms. The van der Waals surface area contributed by atoms with Crippen molar-refractivity contribution >= 4 is 17.4 Å². The van der Waals surface area contributed by atoms with Crippen LogP contribution in [0.5, 0.6) is 5.75 Å². The van der Waals surface area contributed by atoms with Crippen LogP contribution in [0.1, 0.15) is 13.3 Å². The molecule has 0 aromatic heterocycles. The normalized spacial score (nSPS) is 21.8. The molecule has 0 aliphatic carbocycles. The Morgan fingerprint density at radius 3 is 2.74 bits per heavy atom. The second-order valence-corrected chi connectivity index (χ2v) is 4.48. The third-order valence-corrected chi connectivity index (χ3v) is 3.16. The summed E-state index contributed by atoms with van der Waals surface area (Å²) in [5.41, 5.74) is 1.74. The third-order valence-electron chi connectivity index (χ3n) is 3.16. The number of carboxylic acids is 1. The summed E-state index contributed by atoms with van der Waals surface area (Å²) in [5.74, 6) is -0.215. The second-order valence-electron chi connectivity index (χ2n) is 4.48. The van der Waals surface area contributed by atoms with Crippen LogP contribution in [0.4, 0.5) is 5.69 Å². The summed E-state index contributed by atoms with van der Waals surface area (Å²) in [7, 11) is 3.45. The summed E-state index contributed by atoms with van der Waals surface area (Å²) in [6.07, 6.45) is 2.24. The van der Waals surface area contributed by atoms with E-state index in [2.05, 4.69) is 5.10 Å². The largest absolute Gasteiger partial charge is 0.497 e. The van der Waals surface area contributed by atoms with Gasteiger partial charge in [-0.25, -0.2) is 4.79 Å². The molecule has 19 heavy (non-hydrogen) atoms. The van der Waals surface area contributed by atoms with Gasteiger partial charge in [-0.3, -0.25) is 0 Å². The molecule has 5 heteroatoms. The number of benzene rings is 1. The molecule has 0 amide bonds.